The fourth-order valence-corrected chi connectivity index (χ4v) is 6.03. The summed E-state index contributed by atoms with van der Waals surface area (Å²) in [5.74, 6) is -0.311. The number of hydrogen-bond acceptors (Lipinski definition) is 4. The maximum Gasteiger partial charge on any atom is 0.241 e. The molecule has 0 saturated carbocycles. The Morgan fingerprint density at radius 2 is 1.63 bits per heavy atom. The third-order valence-electron chi connectivity index (χ3n) is 5.34. The molecule has 4 rings (SSSR count). The molecular weight excluding hydrogens is 367 g/mol. The van der Waals surface area contributed by atoms with Crippen LogP contribution in [0.25, 0.3) is 0 Å². The van der Waals surface area contributed by atoms with Gasteiger partial charge in [0.25, 0.3) is 0 Å². The zero-order valence-electron chi connectivity index (χ0n) is 14.8. The highest BCUT2D eigenvalue weighted by Crippen LogP contribution is 2.31. The number of carbonyl (C=O) groups excluding carboxylic acids is 1. The number of nitrogens with zero attached hydrogens (tertiary/aromatic N) is 2. The van der Waals surface area contributed by atoms with Crippen molar-refractivity contribution in [1.29, 1.82) is 0 Å². The van der Waals surface area contributed by atoms with E-state index in [1.54, 1.807) is 17.0 Å². The van der Waals surface area contributed by atoms with Crippen LogP contribution in [0.3, 0.4) is 0 Å². The highest BCUT2D eigenvalue weighted by atomic mass is 32.2. The van der Waals surface area contributed by atoms with Crippen molar-refractivity contribution < 1.29 is 17.6 Å². The van der Waals surface area contributed by atoms with Crippen LogP contribution < -0.4 is 4.90 Å². The smallest absolute Gasteiger partial charge is 0.241 e. The molecule has 2 heterocycles. The Labute approximate surface area is 158 Å². The highest BCUT2D eigenvalue weighted by molar-refractivity contribution is 7.91. The second kappa shape index (κ2) is 7.05. The number of carbonyl (C=O) groups is 1. The van der Waals surface area contributed by atoms with Crippen LogP contribution in [0.5, 0.6) is 0 Å². The zero-order chi connectivity index (χ0) is 19.0. The predicted molar refractivity (Wildman–Crippen MR) is 102 cm³/mol. The van der Waals surface area contributed by atoms with Gasteiger partial charge in [0, 0.05) is 18.3 Å². The summed E-state index contributed by atoms with van der Waals surface area (Å²) in [6, 6.07) is 14.9. The van der Waals surface area contributed by atoms with Gasteiger partial charge in [-0.05, 0) is 36.2 Å². The van der Waals surface area contributed by atoms with Gasteiger partial charge >= 0.3 is 0 Å². The molecule has 2 saturated heterocycles. The lowest BCUT2D eigenvalue weighted by atomic mass is 10.0. The highest BCUT2D eigenvalue weighted by Gasteiger charge is 2.49. The van der Waals surface area contributed by atoms with Crippen molar-refractivity contribution in [3.63, 3.8) is 0 Å². The van der Waals surface area contributed by atoms with E-state index in [-0.39, 0.29) is 41.9 Å². The number of hydrogen-bond donors (Lipinski definition) is 0. The van der Waals surface area contributed by atoms with Crippen LogP contribution in [0, 0.1) is 5.82 Å². The van der Waals surface area contributed by atoms with Gasteiger partial charge in [-0.3, -0.25) is 9.69 Å². The lowest BCUT2D eigenvalue weighted by Gasteiger charge is -2.43. The summed E-state index contributed by atoms with van der Waals surface area (Å²) in [5.41, 5.74) is 1.71. The molecule has 2 aliphatic heterocycles. The molecule has 0 aromatic heterocycles. The van der Waals surface area contributed by atoms with Crippen LogP contribution in [0.4, 0.5) is 10.1 Å². The standard InChI is InChI=1S/C20H21FN2O3S/c21-16-8-6-15(7-9-16)10-11-22-12-20(24)23(17-4-2-1-3-5-17)19-14-27(25,26)13-18(19)22/h1-9,18-19H,10-14H2/t18-,19+/m0/s1. The van der Waals surface area contributed by atoms with E-state index in [4.69, 9.17) is 0 Å². The van der Waals surface area contributed by atoms with E-state index in [0.29, 0.717) is 13.0 Å². The molecule has 2 aromatic rings. The van der Waals surface area contributed by atoms with Crippen molar-refractivity contribution >= 4 is 21.4 Å². The van der Waals surface area contributed by atoms with Gasteiger partial charge in [-0.1, -0.05) is 30.3 Å². The summed E-state index contributed by atoms with van der Waals surface area (Å²) in [7, 11) is -3.20. The van der Waals surface area contributed by atoms with Crippen LogP contribution in [0.1, 0.15) is 5.56 Å². The second-order valence-electron chi connectivity index (χ2n) is 7.16. The minimum absolute atomic E-state index is 0.00858. The molecule has 0 unspecified atom stereocenters. The van der Waals surface area contributed by atoms with Crippen LogP contribution in [0.2, 0.25) is 0 Å². The van der Waals surface area contributed by atoms with Gasteiger partial charge in [0.1, 0.15) is 5.82 Å². The minimum atomic E-state index is -3.20. The topological polar surface area (TPSA) is 57.7 Å². The Hall–Kier alpha value is -2.25. The number of rotatable bonds is 4. The number of sulfone groups is 1. The van der Waals surface area contributed by atoms with Crippen LogP contribution >= 0.6 is 0 Å². The average molecular weight is 388 g/mol. The van der Waals surface area contributed by atoms with Crippen LogP contribution in [-0.2, 0) is 21.1 Å². The summed E-state index contributed by atoms with van der Waals surface area (Å²) in [6.45, 7) is 0.753. The van der Waals surface area contributed by atoms with E-state index >= 15 is 0 Å². The minimum Gasteiger partial charge on any atom is -0.306 e. The van der Waals surface area contributed by atoms with Gasteiger partial charge in [0.2, 0.25) is 5.91 Å². The third-order valence-corrected chi connectivity index (χ3v) is 7.04. The van der Waals surface area contributed by atoms with E-state index in [1.165, 1.54) is 12.1 Å². The molecule has 0 aliphatic carbocycles. The van der Waals surface area contributed by atoms with Crippen molar-refractivity contribution in [2.45, 2.75) is 18.5 Å². The first-order chi connectivity index (χ1) is 12.9. The van der Waals surface area contributed by atoms with Crippen LogP contribution in [0.15, 0.2) is 54.6 Å². The van der Waals surface area contributed by atoms with Gasteiger partial charge in [0.15, 0.2) is 9.84 Å². The number of halogens is 1. The molecule has 2 fully saturated rings. The summed E-state index contributed by atoms with van der Waals surface area (Å²) in [4.78, 5) is 16.5. The van der Waals surface area contributed by atoms with Crippen LogP contribution in [-0.4, -0.2) is 55.9 Å². The third kappa shape index (κ3) is 3.75. The monoisotopic (exact) mass is 388 g/mol. The zero-order valence-corrected chi connectivity index (χ0v) is 15.6. The van der Waals surface area contributed by atoms with Crippen molar-refractivity contribution in [1.82, 2.24) is 4.90 Å². The number of para-hydroxylation sites is 1. The lowest BCUT2D eigenvalue weighted by molar-refractivity contribution is -0.123. The Balaban J connectivity index is 1.57. The number of piperazine rings is 1. The molecule has 0 bridgehead atoms. The number of benzene rings is 2. The first kappa shape index (κ1) is 18.1. The van der Waals surface area contributed by atoms with Gasteiger partial charge in [0.05, 0.1) is 24.1 Å². The second-order valence-corrected chi connectivity index (χ2v) is 9.31. The SMILES string of the molecule is O=C1CN(CCc2ccc(F)cc2)[C@H]2CS(=O)(=O)C[C@H]2N1c1ccccc1. The molecule has 0 radical (unpaired) electrons. The quantitative estimate of drug-likeness (QED) is 0.803. The Bertz CT molecular complexity index is 931. The molecule has 2 aliphatic rings. The molecule has 2 atom stereocenters. The Morgan fingerprint density at radius 1 is 0.963 bits per heavy atom. The maximum absolute atomic E-state index is 13.1. The molecule has 5 nitrogen and oxygen atoms in total. The van der Waals surface area contributed by atoms with Gasteiger partial charge < -0.3 is 4.90 Å². The van der Waals surface area contributed by atoms with Gasteiger partial charge in [-0.15, -0.1) is 0 Å². The first-order valence-corrected chi connectivity index (χ1v) is 10.8. The van der Waals surface area contributed by atoms with Crippen molar-refractivity contribution in [3.8, 4) is 0 Å². The molecule has 27 heavy (non-hydrogen) atoms. The Kier molecular flexibility index (Phi) is 4.74. The molecule has 0 N–H and O–H groups in total. The number of amides is 1. The molecule has 142 valence electrons. The molecule has 7 heteroatoms. The van der Waals surface area contributed by atoms with E-state index in [9.17, 15) is 17.6 Å². The first-order valence-electron chi connectivity index (χ1n) is 8.99. The molecule has 0 spiro atoms. The van der Waals surface area contributed by atoms with E-state index < -0.39 is 9.84 Å². The molecule has 1 amide bonds. The van der Waals surface area contributed by atoms with E-state index in [1.807, 2.05) is 35.2 Å². The van der Waals surface area contributed by atoms with Crippen molar-refractivity contribution in [3.05, 3.63) is 66.0 Å². The fourth-order valence-electron chi connectivity index (χ4n) is 4.05. The Morgan fingerprint density at radius 3 is 2.33 bits per heavy atom. The van der Waals surface area contributed by atoms with Gasteiger partial charge in [-0.2, -0.15) is 0 Å². The largest absolute Gasteiger partial charge is 0.306 e. The van der Waals surface area contributed by atoms with Gasteiger partial charge in [-0.25, -0.2) is 12.8 Å². The van der Waals surface area contributed by atoms with Crippen molar-refractivity contribution in [2.75, 3.05) is 29.5 Å². The normalized spacial score (nSPS) is 24.8. The summed E-state index contributed by atoms with van der Waals surface area (Å²) in [6.07, 6.45) is 0.641. The number of fused-ring (bicyclic) bond motifs is 1. The maximum atomic E-state index is 13.1. The number of anilines is 1. The summed E-state index contributed by atoms with van der Waals surface area (Å²) >= 11 is 0. The van der Waals surface area contributed by atoms with Crippen molar-refractivity contribution in [2.24, 2.45) is 0 Å². The van der Waals surface area contributed by atoms with E-state index in [0.717, 1.165) is 11.3 Å². The molecule has 2 aromatic carbocycles. The van der Waals surface area contributed by atoms with E-state index in [2.05, 4.69) is 0 Å². The summed E-state index contributed by atoms with van der Waals surface area (Å²) in [5, 5.41) is 0. The average Bonchev–Trinajstić information content (AvgIpc) is 2.96. The molecular formula is C20H21FN2O3S. The lowest BCUT2D eigenvalue weighted by Crippen LogP contribution is -2.62. The fraction of sp³-hybridized carbons (Fsp3) is 0.350. The predicted octanol–water partition coefficient (Wildman–Crippen LogP) is 1.88. The summed E-state index contributed by atoms with van der Waals surface area (Å²) < 4.78 is 37.7.